The fraction of sp³-hybridized carbons (Fsp3) is 0.625. The predicted octanol–water partition coefficient (Wildman–Crippen LogP) is 2.20. The lowest BCUT2D eigenvalue weighted by Gasteiger charge is -2.26. The van der Waals surface area contributed by atoms with E-state index in [4.69, 9.17) is 0 Å². The van der Waals surface area contributed by atoms with Gasteiger partial charge in [-0.1, -0.05) is 12.1 Å². The normalized spacial score (nSPS) is 11.3. The average molecular weight is 262 g/mol. The molecule has 0 unspecified atom stereocenters. The van der Waals surface area contributed by atoms with E-state index in [0.29, 0.717) is 0 Å². The molecule has 0 atom stereocenters. The smallest absolute Gasteiger partial charge is 0.0372 e. The molecule has 1 radical (unpaired) electrons. The Kier molecular flexibility index (Phi) is 7.53. The van der Waals surface area contributed by atoms with Gasteiger partial charge in [0, 0.05) is 18.8 Å². The van der Waals surface area contributed by atoms with Crippen molar-refractivity contribution in [2.45, 2.75) is 12.8 Å². The highest BCUT2D eigenvalue weighted by Crippen LogP contribution is 2.13. The number of hydrogen-bond donors (Lipinski definition) is 0. The summed E-state index contributed by atoms with van der Waals surface area (Å²) in [6.45, 7) is 4.51. The molecule has 0 spiro atoms. The lowest BCUT2D eigenvalue weighted by Crippen LogP contribution is -2.30. The number of benzene rings is 1. The SMILES string of the molecule is CN(C)CCCN(CCCN(C)C)c1c[c]ccc1. The van der Waals surface area contributed by atoms with Gasteiger partial charge in [0.1, 0.15) is 0 Å². The third kappa shape index (κ3) is 7.19. The van der Waals surface area contributed by atoms with Gasteiger partial charge in [-0.05, 0) is 72.3 Å². The summed E-state index contributed by atoms with van der Waals surface area (Å²) in [7, 11) is 8.53. The zero-order valence-electron chi connectivity index (χ0n) is 12.9. The largest absolute Gasteiger partial charge is 0.371 e. The summed E-state index contributed by atoms with van der Waals surface area (Å²) in [5.41, 5.74) is 1.29. The van der Waals surface area contributed by atoms with Crippen LogP contribution in [0.5, 0.6) is 0 Å². The van der Waals surface area contributed by atoms with E-state index in [0.717, 1.165) is 26.2 Å². The van der Waals surface area contributed by atoms with Gasteiger partial charge in [0.15, 0.2) is 0 Å². The van der Waals surface area contributed by atoms with E-state index in [9.17, 15) is 0 Å². The molecule has 0 aliphatic heterocycles. The maximum atomic E-state index is 3.18. The standard InChI is InChI=1S/C16H28N3/c1-17(2)12-8-14-19(15-9-13-18(3)4)16-10-6-5-7-11-16/h5-6,10-11H,8-9,12-15H2,1-4H3. The minimum absolute atomic E-state index is 1.11. The summed E-state index contributed by atoms with van der Waals surface area (Å²) >= 11 is 0. The fourth-order valence-corrected chi connectivity index (χ4v) is 2.11. The van der Waals surface area contributed by atoms with Crippen LogP contribution in [0.2, 0.25) is 0 Å². The van der Waals surface area contributed by atoms with E-state index in [2.05, 4.69) is 67.2 Å². The van der Waals surface area contributed by atoms with Crippen molar-refractivity contribution in [3.63, 3.8) is 0 Å². The first-order chi connectivity index (χ1) is 9.09. The topological polar surface area (TPSA) is 9.72 Å². The molecule has 19 heavy (non-hydrogen) atoms. The van der Waals surface area contributed by atoms with Crippen molar-refractivity contribution in [2.75, 3.05) is 59.3 Å². The number of nitrogens with zero attached hydrogens (tertiary/aromatic N) is 3. The van der Waals surface area contributed by atoms with Gasteiger partial charge in [-0.2, -0.15) is 0 Å². The van der Waals surface area contributed by atoms with E-state index in [1.54, 1.807) is 0 Å². The molecule has 0 saturated carbocycles. The Labute approximate surface area is 118 Å². The van der Waals surface area contributed by atoms with Crippen molar-refractivity contribution in [3.8, 4) is 0 Å². The Morgan fingerprint density at radius 1 is 0.895 bits per heavy atom. The van der Waals surface area contributed by atoms with Crippen molar-refractivity contribution >= 4 is 5.69 Å². The highest BCUT2D eigenvalue weighted by atomic mass is 15.1. The minimum Gasteiger partial charge on any atom is -0.371 e. The molecule has 0 heterocycles. The molecule has 1 aromatic rings. The van der Waals surface area contributed by atoms with Crippen LogP contribution in [0.15, 0.2) is 24.3 Å². The van der Waals surface area contributed by atoms with Crippen LogP contribution in [0.3, 0.4) is 0 Å². The lowest BCUT2D eigenvalue weighted by atomic mass is 10.2. The van der Waals surface area contributed by atoms with Gasteiger partial charge in [0.05, 0.1) is 0 Å². The van der Waals surface area contributed by atoms with Crippen LogP contribution in [0.1, 0.15) is 12.8 Å². The molecule has 107 valence electrons. The molecule has 0 aliphatic rings. The van der Waals surface area contributed by atoms with Crippen LogP contribution in [-0.2, 0) is 0 Å². The second kappa shape index (κ2) is 8.94. The second-order valence-corrected chi connectivity index (χ2v) is 5.56. The van der Waals surface area contributed by atoms with Gasteiger partial charge in [-0.3, -0.25) is 0 Å². The average Bonchev–Trinajstić information content (AvgIpc) is 2.37. The van der Waals surface area contributed by atoms with E-state index in [1.165, 1.54) is 18.5 Å². The molecule has 1 aromatic carbocycles. The fourth-order valence-electron chi connectivity index (χ4n) is 2.11. The van der Waals surface area contributed by atoms with Crippen LogP contribution >= 0.6 is 0 Å². The Bertz CT molecular complexity index is 308. The quantitative estimate of drug-likeness (QED) is 0.675. The third-order valence-electron chi connectivity index (χ3n) is 3.12. The van der Waals surface area contributed by atoms with Gasteiger partial charge in [0.25, 0.3) is 0 Å². The summed E-state index contributed by atoms with van der Waals surface area (Å²) in [5.74, 6) is 0. The second-order valence-electron chi connectivity index (χ2n) is 5.56. The molecule has 0 N–H and O–H groups in total. The monoisotopic (exact) mass is 262 g/mol. The van der Waals surface area contributed by atoms with E-state index < -0.39 is 0 Å². The third-order valence-corrected chi connectivity index (χ3v) is 3.12. The summed E-state index contributed by atoms with van der Waals surface area (Å²) in [6.07, 6.45) is 2.40. The first-order valence-corrected chi connectivity index (χ1v) is 7.10. The van der Waals surface area contributed by atoms with Gasteiger partial charge in [-0.25, -0.2) is 0 Å². The predicted molar refractivity (Wildman–Crippen MR) is 83.8 cm³/mol. The van der Waals surface area contributed by atoms with Crippen LogP contribution in [-0.4, -0.2) is 64.2 Å². The molecule has 3 heteroatoms. The van der Waals surface area contributed by atoms with Gasteiger partial charge < -0.3 is 14.7 Å². The number of anilines is 1. The zero-order valence-corrected chi connectivity index (χ0v) is 12.9. The lowest BCUT2D eigenvalue weighted by molar-refractivity contribution is 0.390. The van der Waals surface area contributed by atoms with E-state index in [1.807, 2.05) is 6.07 Å². The van der Waals surface area contributed by atoms with Gasteiger partial charge in [0.2, 0.25) is 0 Å². The highest BCUT2D eigenvalue weighted by molar-refractivity contribution is 5.45. The number of hydrogen-bond acceptors (Lipinski definition) is 3. The molecule has 3 nitrogen and oxygen atoms in total. The van der Waals surface area contributed by atoms with Crippen molar-refractivity contribution in [1.82, 2.24) is 9.80 Å². The summed E-state index contributed by atoms with van der Waals surface area (Å²) in [4.78, 5) is 6.97. The van der Waals surface area contributed by atoms with E-state index in [-0.39, 0.29) is 0 Å². The molecular weight excluding hydrogens is 234 g/mol. The van der Waals surface area contributed by atoms with Crippen LogP contribution in [0.25, 0.3) is 0 Å². The molecule has 1 rings (SSSR count). The Morgan fingerprint density at radius 3 is 1.89 bits per heavy atom. The maximum Gasteiger partial charge on any atom is 0.0372 e. The zero-order chi connectivity index (χ0) is 14.1. The molecule has 0 aliphatic carbocycles. The van der Waals surface area contributed by atoms with Crippen molar-refractivity contribution in [2.24, 2.45) is 0 Å². The van der Waals surface area contributed by atoms with Crippen LogP contribution < -0.4 is 4.90 Å². The van der Waals surface area contributed by atoms with Crippen LogP contribution in [0.4, 0.5) is 5.69 Å². The van der Waals surface area contributed by atoms with E-state index >= 15 is 0 Å². The summed E-state index contributed by atoms with van der Waals surface area (Å²) in [5, 5.41) is 0. The molecule has 0 aromatic heterocycles. The molecule has 0 amide bonds. The Balaban J connectivity index is 2.48. The van der Waals surface area contributed by atoms with Crippen molar-refractivity contribution < 1.29 is 0 Å². The van der Waals surface area contributed by atoms with Gasteiger partial charge >= 0.3 is 0 Å². The van der Waals surface area contributed by atoms with Crippen molar-refractivity contribution in [1.29, 1.82) is 0 Å². The molecule has 0 fully saturated rings. The molecule has 0 bridgehead atoms. The first kappa shape index (κ1) is 16.0. The summed E-state index contributed by atoms with van der Waals surface area (Å²) in [6, 6.07) is 11.5. The highest BCUT2D eigenvalue weighted by Gasteiger charge is 2.06. The maximum absolute atomic E-state index is 3.18. The van der Waals surface area contributed by atoms with Gasteiger partial charge in [-0.15, -0.1) is 0 Å². The first-order valence-electron chi connectivity index (χ1n) is 7.10. The Morgan fingerprint density at radius 2 is 1.47 bits per heavy atom. The van der Waals surface area contributed by atoms with Crippen LogP contribution in [0, 0.1) is 6.07 Å². The minimum atomic E-state index is 1.11. The van der Waals surface area contributed by atoms with Crippen molar-refractivity contribution in [3.05, 3.63) is 30.3 Å². The molecule has 0 saturated heterocycles. The molecular formula is C16H28N3. The number of rotatable bonds is 9. The Hall–Kier alpha value is -1.06. The summed E-state index contributed by atoms with van der Waals surface area (Å²) < 4.78 is 0.